The molecule has 5 rings (SSSR count). The van der Waals surface area contributed by atoms with E-state index in [1.165, 1.54) is 11.1 Å². The number of morpholine rings is 1. The second kappa shape index (κ2) is 6.77. The topological polar surface area (TPSA) is 49.8 Å². The number of carbonyl (C=O) groups excluding carboxylic acids is 1. The first kappa shape index (κ1) is 21.4. The molecular formula is C26H35NO3S. The molecule has 1 N–H and O–H groups in total. The fourth-order valence-corrected chi connectivity index (χ4v) is 8.08. The van der Waals surface area contributed by atoms with Gasteiger partial charge in [-0.2, -0.15) is 0 Å². The Morgan fingerprint density at radius 3 is 2.29 bits per heavy atom. The third-order valence-electron chi connectivity index (χ3n) is 10.5. The van der Waals surface area contributed by atoms with E-state index in [2.05, 4.69) is 38.7 Å². The van der Waals surface area contributed by atoms with Gasteiger partial charge in [-0.05, 0) is 71.6 Å². The number of hydrogen-bond donors (Lipinski definition) is 1. The minimum atomic E-state index is -0.221. The van der Waals surface area contributed by atoms with Crippen LogP contribution in [0, 0.1) is 16.2 Å². The van der Waals surface area contributed by atoms with Gasteiger partial charge in [-0.3, -0.25) is 4.79 Å². The number of rotatable bonds is 1. The highest BCUT2D eigenvalue weighted by atomic mass is 32.1. The van der Waals surface area contributed by atoms with Crippen LogP contribution < -0.4 is 0 Å². The molecule has 0 amide bonds. The van der Waals surface area contributed by atoms with Crippen molar-refractivity contribution in [1.82, 2.24) is 4.90 Å². The molecule has 31 heavy (non-hydrogen) atoms. The number of phenolic OH excluding ortho intramolecular Hbond substituents is 1. The molecule has 4 aliphatic rings. The molecular weight excluding hydrogens is 406 g/mol. The van der Waals surface area contributed by atoms with Gasteiger partial charge in [-0.1, -0.05) is 39.9 Å². The first-order valence-corrected chi connectivity index (χ1v) is 12.2. The van der Waals surface area contributed by atoms with Gasteiger partial charge in [0.2, 0.25) is 0 Å². The summed E-state index contributed by atoms with van der Waals surface area (Å²) in [4.78, 5) is 15.9. The number of hydrogen-bond acceptors (Lipinski definition) is 4. The Morgan fingerprint density at radius 1 is 0.968 bits per heavy atom. The Bertz CT molecular complexity index is 970. The molecule has 0 radical (unpaired) electrons. The van der Waals surface area contributed by atoms with Crippen LogP contribution in [0.1, 0.15) is 76.5 Å². The van der Waals surface area contributed by atoms with E-state index in [4.69, 9.17) is 17.0 Å². The Morgan fingerprint density at radius 2 is 1.58 bits per heavy atom. The lowest BCUT2D eigenvalue weighted by Crippen LogP contribution is -2.63. The first-order chi connectivity index (χ1) is 14.6. The van der Waals surface area contributed by atoms with Crippen molar-refractivity contribution in [3.05, 3.63) is 28.8 Å². The Balaban J connectivity index is 1.61. The second-order valence-corrected chi connectivity index (χ2v) is 11.6. The molecule has 0 spiro atoms. The highest BCUT2D eigenvalue weighted by Crippen LogP contribution is 2.74. The summed E-state index contributed by atoms with van der Waals surface area (Å²) in [5, 5.41) is 10.9. The van der Waals surface area contributed by atoms with E-state index in [1.54, 1.807) is 0 Å². The molecule has 0 unspecified atom stereocenters. The average molecular weight is 442 g/mol. The predicted molar refractivity (Wildman–Crippen MR) is 126 cm³/mol. The molecule has 4 atom stereocenters. The molecule has 3 fully saturated rings. The number of ketones is 1. The van der Waals surface area contributed by atoms with Gasteiger partial charge in [0.1, 0.15) is 16.5 Å². The Labute approximate surface area is 191 Å². The van der Waals surface area contributed by atoms with E-state index >= 15 is 0 Å². The van der Waals surface area contributed by atoms with Crippen molar-refractivity contribution < 1.29 is 14.6 Å². The van der Waals surface area contributed by atoms with E-state index in [0.717, 1.165) is 55.7 Å². The van der Waals surface area contributed by atoms with Crippen molar-refractivity contribution in [3.8, 4) is 5.75 Å². The highest BCUT2D eigenvalue weighted by Gasteiger charge is 2.70. The molecule has 0 bridgehead atoms. The van der Waals surface area contributed by atoms with Crippen LogP contribution in [0.5, 0.6) is 5.75 Å². The third kappa shape index (κ3) is 2.56. The monoisotopic (exact) mass is 441 g/mol. The van der Waals surface area contributed by atoms with Crippen molar-refractivity contribution >= 4 is 23.0 Å². The van der Waals surface area contributed by atoms with E-state index in [9.17, 15) is 9.90 Å². The molecule has 4 nitrogen and oxygen atoms in total. The number of aromatic hydroxyl groups is 1. The number of fused-ring (bicyclic) bond motifs is 5. The normalized spacial score (nSPS) is 39.6. The summed E-state index contributed by atoms with van der Waals surface area (Å²) in [6.07, 6.45) is 5.65. The van der Waals surface area contributed by atoms with Gasteiger partial charge in [0.25, 0.3) is 0 Å². The lowest BCUT2D eigenvalue weighted by atomic mass is 9.36. The molecule has 1 aliphatic heterocycles. The van der Waals surface area contributed by atoms with Crippen LogP contribution in [0.2, 0.25) is 0 Å². The Kier molecular flexibility index (Phi) is 4.67. The number of phenols is 1. The summed E-state index contributed by atoms with van der Waals surface area (Å²) in [5.74, 6) is 0.759. The van der Waals surface area contributed by atoms with Crippen LogP contribution in [-0.2, 0) is 21.4 Å². The van der Waals surface area contributed by atoms with Crippen LogP contribution in [0.25, 0.3) is 0 Å². The van der Waals surface area contributed by atoms with Crippen LogP contribution >= 0.6 is 12.2 Å². The van der Waals surface area contributed by atoms with E-state index in [1.807, 2.05) is 6.07 Å². The second-order valence-electron chi connectivity index (χ2n) is 11.2. The standard InChI is InChI=1S/C26H35NO3S/c1-23-9-10-24(2)21(29)6-8-26(24,4)25(23,3)7-5-17-15-20(28)18(16-19(17)23)22(31)27-11-13-30-14-12-27/h15-16,28H,5-14H2,1-4H3/t23-,24-,25-,26-/m1/s1. The molecule has 1 aromatic carbocycles. The van der Waals surface area contributed by atoms with Gasteiger partial charge in [-0.15, -0.1) is 0 Å². The van der Waals surface area contributed by atoms with Crippen LogP contribution in [0.15, 0.2) is 12.1 Å². The number of nitrogens with zero attached hydrogens (tertiary/aromatic N) is 1. The van der Waals surface area contributed by atoms with Crippen LogP contribution in [0.3, 0.4) is 0 Å². The quantitative estimate of drug-likeness (QED) is 0.636. The van der Waals surface area contributed by atoms with Gasteiger partial charge in [-0.25, -0.2) is 0 Å². The van der Waals surface area contributed by atoms with E-state index < -0.39 is 0 Å². The summed E-state index contributed by atoms with van der Waals surface area (Å²) in [6, 6.07) is 4.17. The van der Waals surface area contributed by atoms with Gasteiger partial charge in [0.15, 0.2) is 0 Å². The zero-order chi connectivity index (χ0) is 22.2. The number of carbonyl (C=O) groups is 1. The van der Waals surface area contributed by atoms with E-state index in [0.29, 0.717) is 31.2 Å². The summed E-state index contributed by atoms with van der Waals surface area (Å²) in [6.45, 7) is 12.4. The van der Waals surface area contributed by atoms with Crippen LogP contribution in [0.4, 0.5) is 0 Å². The van der Waals surface area contributed by atoms with Crippen molar-refractivity contribution in [2.24, 2.45) is 16.2 Å². The van der Waals surface area contributed by atoms with Crippen molar-refractivity contribution in [2.75, 3.05) is 26.3 Å². The summed E-state index contributed by atoms with van der Waals surface area (Å²) >= 11 is 5.84. The lowest BCUT2D eigenvalue weighted by Gasteiger charge is -2.67. The average Bonchev–Trinajstić information content (AvgIpc) is 3.01. The first-order valence-electron chi connectivity index (χ1n) is 11.8. The molecule has 3 aliphatic carbocycles. The summed E-state index contributed by atoms with van der Waals surface area (Å²) in [7, 11) is 0. The largest absolute Gasteiger partial charge is 0.507 e. The molecule has 1 saturated heterocycles. The number of Topliss-reactive ketones (excluding diaryl/α,β-unsaturated/α-hetero) is 1. The maximum absolute atomic E-state index is 13.0. The number of thiocarbonyl (C=S) groups is 1. The smallest absolute Gasteiger partial charge is 0.139 e. The molecule has 2 saturated carbocycles. The number of ether oxygens (including phenoxy) is 1. The van der Waals surface area contributed by atoms with Crippen LogP contribution in [-0.4, -0.2) is 47.1 Å². The molecule has 0 aromatic heterocycles. The lowest BCUT2D eigenvalue weighted by molar-refractivity contribution is -0.157. The molecule has 5 heteroatoms. The molecule has 168 valence electrons. The zero-order valence-corrected chi connectivity index (χ0v) is 20.2. The maximum atomic E-state index is 13.0. The van der Waals surface area contributed by atoms with E-state index in [-0.39, 0.29) is 21.7 Å². The maximum Gasteiger partial charge on any atom is 0.139 e. The predicted octanol–water partition coefficient (Wildman–Crippen LogP) is 4.78. The summed E-state index contributed by atoms with van der Waals surface area (Å²) < 4.78 is 5.48. The third-order valence-corrected chi connectivity index (χ3v) is 11.0. The Hall–Kier alpha value is -1.46. The number of benzene rings is 1. The number of aryl methyl sites for hydroxylation is 1. The minimum absolute atomic E-state index is 0.00938. The molecule has 1 aromatic rings. The van der Waals surface area contributed by atoms with Crippen molar-refractivity contribution in [1.29, 1.82) is 0 Å². The van der Waals surface area contributed by atoms with Gasteiger partial charge in [0, 0.05) is 24.9 Å². The zero-order valence-electron chi connectivity index (χ0n) is 19.3. The van der Waals surface area contributed by atoms with Gasteiger partial charge in [0.05, 0.1) is 18.8 Å². The minimum Gasteiger partial charge on any atom is -0.507 e. The fraction of sp³-hybridized carbons (Fsp3) is 0.692. The highest BCUT2D eigenvalue weighted by molar-refractivity contribution is 7.80. The van der Waals surface area contributed by atoms with Gasteiger partial charge >= 0.3 is 0 Å². The van der Waals surface area contributed by atoms with Crippen molar-refractivity contribution in [2.45, 2.75) is 71.6 Å². The van der Waals surface area contributed by atoms with Crippen molar-refractivity contribution in [3.63, 3.8) is 0 Å². The van der Waals surface area contributed by atoms with Gasteiger partial charge < -0.3 is 14.7 Å². The molecule has 1 heterocycles. The SMILES string of the molecule is C[C@@]12CCC(=O)[C@@]1(C)CC[C@]1(C)c3cc(C(=S)N4CCOCC4)c(O)cc3CC[C@@]21C. The fourth-order valence-electron chi connectivity index (χ4n) is 7.74. The summed E-state index contributed by atoms with van der Waals surface area (Å²) in [5.41, 5.74) is 3.13.